The fourth-order valence-electron chi connectivity index (χ4n) is 0.795. The van der Waals surface area contributed by atoms with E-state index in [4.69, 9.17) is 10.2 Å². The first kappa shape index (κ1) is 10.4. The zero-order chi connectivity index (χ0) is 9.68. The van der Waals surface area contributed by atoms with Gasteiger partial charge in [0, 0.05) is 12.7 Å². The number of nitrogens with one attached hydrogen (secondary N) is 1. The number of nitrogens with zero attached hydrogens (tertiary/aromatic N) is 1. The van der Waals surface area contributed by atoms with Crippen LogP contribution in [-0.2, 0) is 0 Å². The molecule has 0 aliphatic rings. The number of aromatic nitrogens is 1. The minimum atomic E-state index is -0.756. The molecule has 0 aliphatic carbocycles. The second-order valence-corrected chi connectivity index (χ2v) is 3.41. The van der Waals surface area contributed by atoms with Crippen LogP contribution in [0.1, 0.15) is 0 Å². The van der Waals surface area contributed by atoms with Crippen molar-refractivity contribution in [1.29, 1.82) is 0 Å². The number of halogens is 1. The van der Waals surface area contributed by atoms with Crippen molar-refractivity contribution in [2.45, 2.75) is 6.10 Å². The fraction of sp³-hybridized carbons (Fsp3) is 0.375. The number of hydrogen-bond acceptors (Lipinski definition) is 4. The lowest BCUT2D eigenvalue weighted by Gasteiger charge is -2.10. The average Bonchev–Trinajstić information content (AvgIpc) is 2.16. The van der Waals surface area contributed by atoms with Gasteiger partial charge in [0.15, 0.2) is 0 Å². The van der Waals surface area contributed by atoms with E-state index >= 15 is 0 Å². The van der Waals surface area contributed by atoms with Crippen molar-refractivity contribution in [1.82, 2.24) is 4.98 Å². The molecule has 0 saturated heterocycles. The molecule has 0 bridgehead atoms. The lowest BCUT2D eigenvalue weighted by atomic mass is 10.3. The molecular formula is C8H11BrN2O2. The van der Waals surface area contributed by atoms with E-state index in [1.165, 1.54) is 0 Å². The van der Waals surface area contributed by atoms with Crippen molar-refractivity contribution in [3.63, 3.8) is 0 Å². The monoisotopic (exact) mass is 246 g/mol. The van der Waals surface area contributed by atoms with Crippen LogP contribution < -0.4 is 5.32 Å². The Kier molecular flexibility index (Phi) is 4.14. The Morgan fingerprint density at radius 1 is 1.62 bits per heavy atom. The molecule has 0 aromatic carbocycles. The summed E-state index contributed by atoms with van der Waals surface area (Å²) in [4.78, 5) is 4.03. The zero-order valence-corrected chi connectivity index (χ0v) is 8.53. The van der Waals surface area contributed by atoms with Gasteiger partial charge in [0.05, 0.1) is 17.2 Å². The van der Waals surface area contributed by atoms with Crippen molar-refractivity contribution in [2.75, 3.05) is 18.5 Å². The molecule has 1 atom stereocenters. The normalized spacial score (nSPS) is 12.5. The molecule has 0 spiro atoms. The van der Waals surface area contributed by atoms with Crippen molar-refractivity contribution >= 4 is 21.7 Å². The molecule has 0 amide bonds. The first-order valence-corrected chi connectivity index (χ1v) is 4.66. The van der Waals surface area contributed by atoms with Gasteiger partial charge in [0.2, 0.25) is 0 Å². The lowest BCUT2D eigenvalue weighted by molar-refractivity contribution is 0.105. The molecule has 1 heterocycles. The molecule has 0 radical (unpaired) electrons. The number of aliphatic hydroxyl groups is 2. The van der Waals surface area contributed by atoms with Gasteiger partial charge in [0.25, 0.3) is 0 Å². The first-order valence-electron chi connectivity index (χ1n) is 3.87. The fourth-order valence-corrected chi connectivity index (χ4v) is 1.19. The maximum absolute atomic E-state index is 9.05. The van der Waals surface area contributed by atoms with Crippen LogP contribution in [0.4, 0.5) is 5.82 Å². The molecule has 72 valence electrons. The topological polar surface area (TPSA) is 65.4 Å². The molecule has 13 heavy (non-hydrogen) atoms. The molecular weight excluding hydrogens is 236 g/mol. The van der Waals surface area contributed by atoms with E-state index < -0.39 is 6.10 Å². The van der Waals surface area contributed by atoms with Crippen molar-refractivity contribution in [2.24, 2.45) is 0 Å². The summed E-state index contributed by atoms with van der Waals surface area (Å²) >= 11 is 3.30. The highest BCUT2D eigenvalue weighted by Crippen LogP contribution is 2.17. The minimum absolute atomic E-state index is 0.253. The maximum atomic E-state index is 9.05. The predicted molar refractivity (Wildman–Crippen MR) is 53.5 cm³/mol. The smallest absolute Gasteiger partial charge is 0.140 e. The van der Waals surface area contributed by atoms with Gasteiger partial charge < -0.3 is 15.5 Å². The van der Waals surface area contributed by atoms with E-state index in [0.29, 0.717) is 5.82 Å². The molecule has 1 aromatic rings. The third-order valence-corrected chi connectivity index (χ3v) is 2.11. The molecule has 4 nitrogen and oxygen atoms in total. The molecule has 0 aliphatic heterocycles. The summed E-state index contributed by atoms with van der Waals surface area (Å²) in [6.45, 7) is 0.0313. The van der Waals surface area contributed by atoms with Gasteiger partial charge in [0.1, 0.15) is 5.82 Å². The van der Waals surface area contributed by atoms with Gasteiger partial charge in [-0.25, -0.2) is 4.98 Å². The lowest BCUT2D eigenvalue weighted by Crippen LogP contribution is -2.23. The summed E-state index contributed by atoms with van der Waals surface area (Å²) in [6, 6.07) is 3.65. The SMILES string of the molecule is OCC(O)CNc1ncccc1Br. The average molecular weight is 247 g/mol. The highest BCUT2D eigenvalue weighted by Gasteiger charge is 2.03. The summed E-state index contributed by atoms with van der Waals surface area (Å²) in [7, 11) is 0. The second-order valence-electron chi connectivity index (χ2n) is 2.55. The molecule has 1 rings (SSSR count). The van der Waals surface area contributed by atoms with E-state index in [1.807, 2.05) is 6.07 Å². The number of pyridine rings is 1. The third kappa shape index (κ3) is 3.30. The highest BCUT2D eigenvalue weighted by molar-refractivity contribution is 9.10. The van der Waals surface area contributed by atoms with Crippen LogP contribution in [0.2, 0.25) is 0 Å². The molecule has 1 aromatic heterocycles. The van der Waals surface area contributed by atoms with Gasteiger partial charge in [-0.3, -0.25) is 0 Å². The van der Waals surface area contributed by atoms with E-state index in [0.717, 1.165) is 4.47 Å². The van der Waals surface area contributed by atoms with Crippen LogP contribution in [0.5, 0.6) is 0 Å². The Balaban J connectivity index is 2.50. The number of aliphatic hydroxyl groups excluding tert-OH is 2. The number of anilines is 1. The summed E-state index contributed by atoms with van der Waals surface area (Å²) in [5, 5.41) is 20.5. The van der Waals surface area contributed by atoms with Gasteiger partial charge in [-0.2, -0.15) is 0 Å². The summed E-state index contributed by atoms with van der Waals surface area (Å²) in [5.74, 6) is 0.662. The molecule has 1 unspecified atom stereocenters. The highest BCUT2D eigenvalue weighted by atomic mass is 79.9. The Morgan fingerprint density at radius 3 is 3.00 bits per heavy atom. The van der Waals surface area contributed by atoms with E-state index in [-0.39, 0.29) is 13.2 Å². The van der Waals surface area contributed by atoms with Crippen molar-refractivity contribution in [3.05, 3.63) is 22.8 Å². The quantitative estimate of drug-likeness (QED) is 0.729. The zero-order valence-electron chi connectivity index (χ0n) is 6.94. The van der Waals surface area contributed by atoms with E-state index in [9.17, 15) is 0 Å². The van der Waals surface area contributed by atoms with Gasteiger partial charge in [-0.15, -0.1) is 0 Å². The van der Waals surface area contributed by atoms with Crippen LogP contribution >= 0.6 is 15.9 Å². The predicted octanol–water partition coefficient (Wildman–Crippen LogP) is 0.609. The largest absolute Gasteiger partial charge is 0.394 e. The van der Waals surface area contributed by atoms with Crippen LogP contribution in [0.3, 0.4) is 0 Å². The van der Waals surface area contributed by atoms with Crippen molar-refractivity contribution in [3.8, 4) is 0 Å². The van der Waals surface area contributed by atoms with Crippen LogP contribution in [-0.4, -0.2) is 34.5 Å². The van der Waals surface area contributed by atoms with E-state index in [2.05, 4.69) is 26.2 Å². The van der Waals surface area contributed by atoms with Crippen LogP contribution in [0, 0.1) is 0 Å². The van der Waals surface area contributed by atoms with Crippen LogP contribution in [0.15, 0.2) is 22.8 Å². The minimum Gasteiger partial charge on any atom is -0.394 e. The van der Waals surface area contributed by atoms with Crippen LogP contribution in [0.25, 0.3) is 0 Å². The molecule has 5 heteroatoms. The Labute approximate surface area is 84.8 Å². The Bertz CT molecular complexity index is 270. The summed E-state index contributed by atoms with van der Waals surface area (Å²) in [6.07, 6.45) is 0.896. The third-order valence-electron chi connectivity index (χ3n) is 1.47. The molecule has 0 fully saturated rings. The van der Waals surface area contributed by atoms with Crippen molar-refractivity contribution < 1.29 is 10.2 Å². The molecule has 3 N–H and O–H groups in total. The number of hydrogen-bond donors (Lipinski definition) is 3. The first-order chi connectivity index (χ1) is 6.24. The summed E-state index contributed by atoms with van der Waals surface area (Å²) in [5.41, 5.74) is 0. The Morgan fingerprint density at radius 2 is 2.38 bits per heavy atom. The number of rotatable bonds is 4. The molecule has 0 saturated carbocycles. The van der Waals surface area contributed by atoms with E-state index in [1.54, 1.807) is 12.3 Å². The van der Waals surface area contributed by atoms with Gasteiger partial charge >= 0.3 is 0 Å². The summed E-state index contributed by atoms with van der Waals surface area (Å²) < 4.78 is 0.833. The van der Waals surface area contributed by atoms with Gasteiger partial charge in [-0.1, -0.05) is 0 Å². The standard InChI is InChI=1S/C8H11BrN2O2/c9-7-2-1-3-10-8(7)11-4-6(13)5-12/h1-3,6,12-13H,4-5H2,(H,10,11). The second kappa shape index (κ2) is 5.16. The maximum Gasteiger partial charge on any atom is 0.140 e. The van der Waals surface area contributed by atoms with Gasteiger partial charge in [-0.05, 0) is 28.1 Å². The Hall–Kier alpha value is -0.650.